The zero-order valence-corrected chi connectivity index (χ0v) is 21.1. The Bertz CT molecular complexity index is 1470. The second-order valence-electron chi connectivity index (χ2n) is 8.20. The van der Waals surface area contributed by atoms with E-state index in [1.54, 1.807) is 18.3 Å². The van der Waals surface area contributed by atoms with Gasteiger partial charge >= 0.3 is 0 Å². The van der Waals surface area contributed by atoms with E-state index in [1.165, 1.54) is 0 Å². The Labute approximate surface area is 214 Å². The Morgan fingerprint density at radius 2 is 1.80 bits per heavy atom. The van der Waals surface area contributed by atoms with Crippen molar-refractivity contribution in [2.75, 3.05) is 15.9 Å². The molecule has 35 heavy (non-hydrogen) atoms. The van der Waals surface area contributed by atoms with Gasteiger partial charge in [-0.15, -0.1) is 0 Å². The van der Waals surface area contributed by atoms with Gasteiger partial charge in [0.25, 0.3) is 0 Å². The predicted octanol–water partition coefficient (Wildman–Crippen LogP) is 5.07. The molecule has 1 aliphatic rings. The normalized spacial score (nSPS) is 17.9. The van der Waals surface area contributed by atoms with Crippen molar-refractivity contribution in [2.24, 2.45) is 0 Å². The van der Waals surface area contributed by atoms with Crippen LogP contribution in [0.5, 0.6) is 0 Å². The summed E-state index contributed by atoms with van der Waals surface area (Å²) in [7, 11) is -3.37. The van der Waals surface area contributed by atoms with Gasteiger partial charge in [-0.05, 0) is 78.9 Å². The second-order valence-corrected chi connectivity index (χ2v) is 10.8. The SMILES string of the molecule is CS(=O)(=O)Nc1ccc(N2C(=S)NC(c3ccccn3)C2c2cccn2-c2cccc(Cl)c2)cc1. The number of nitrogens with one attached hydrogen (secondary N) is 2. The maximum atomic E-state index is 11.6. The number of pyridine rings is 1. The van der Waals surface area contributed by atoms with Crippen LogP contribution in [0.3, 0.4) is 0 Å². The summed E-state index contributed by atoms with van der Waals surface area (Å²) in [5.74, 6) is 0. The fourth-order valence-corrected chi connectivity index (χ4v) is 5.43. The molecular weight excluding hydrogens is 502 g/mol. The highest BCUT2D eigenvalue weighted by Gasteiger charge is 2.42. The third-order valence-electron chi connectivity index (χ3n) is 5.72. The van der Waals surface area contributed by atoms with Crippen molar-refractivity contribution < 1.29 is 8.42 Å². The molecule has 0 radical (unpaired) electrons. The molecule has 2 N–H and O–H groups in total. The molecule has 2 unspecified atom stereocenters. The van der Waals surface area contributed by atoms with Crippen LogP contribution in [-0.2, 0) is 10.0 Å². The molecule has 7 nitrogen and oxygen atoms in total. The van der Waals surface area contributed by atoms with Crippen molar-refractivity contribution in [1.29, 1.82) is 0 Å². The van der Waals surface area contributed by atoms with Gasteiger partial charge in [0.05, 0.1) is 18.0 Å². The van der Waals surface area contributed by atoms with Crippen LogP contribution in [-0.4, -0.2) is 29.3 Å². The number of halogens is 1. The first-order chi connectivity index (χ1) is 16.8. The van der Waals surface area contributed by atoms with Crippen LogP contribution in [0, 0.1) is 0 Å². The minimum Gasteiger partial charge on any atom is -0.351 e. The fourth-order valence-electron chi connectivity index (χ4n) is 4.33. The summed E-state index contributed by atoms with van der Waals surface area (Å²) < 4.78 is 27.8. The van der Waals surface area contributed by atoms with E-state index in [4.69, 9.17) is 23.8 Å². The van der Waals surface area contributed by atoms with Crippen LogP contribution in [0.2, 0.25) is 5.02 Å². The molecule has 178 valence electrons. The van der Waals surface area contributed by atoms with Crippen LogP contribution in [0.15, 0.2) is 91.3 Å². The van der Waals surface area contributed by atoms with E-state index in [1.807, 2.05) is 71.8 Å². The van der Waals surface area contributed by atoms with Crippen molar-refractivity contribution in [3.63, 3.8) is 0 Å². The van der Waals surface area contributed by atoms with Crippen LogP contribution in [0.25, 0.3) is 5.69 Å². The summed E-state index contributed by atoms with van der Waals surface area (Å²) in [5.41, 5.74) is 4.09. The molecule has 1 aliphatic heterocycles. The van der Waals surface area contributed by atoms with Gasteiger partial charge in [-0.1, -0.05) is 23.7 Å². The maximum absolute atomic E-state index is 11.6. The Hall–Kier alpha value is -3.40. The first-order valence-electron chi connectivity index (χ1n) is 10.8. The van der Waals surface area contributed by atoms with Crippen LogP contribution in [0.4, 0.5) is 11.4 Å². The highest BCUT2D eigenvalue weighted by Crippen LogP contribution is 2.42. The van der Waals surface area contributed by atoms with E-state index < -0.39 is 10.0 Å². The average molecular weight is 524 g/mol. The van der Waals surface area contributed by atoms with Crippen molar-refractivity contribution in [2.45, 2.75) is 12.1 Å². The van der Waals surface area contributed by atoms with Gasteiger partial charge < -0.3 is 14.8 Å². The number of aromatic nitrogens is 2. The number of hydrogen-bond donors (Lipinski definition) is 2. The number of thiocarbonyl (C=S) groups is 1. The summed E-state index contributed by atoms with van der Waals surface area (Å²) in [5, 5.41) is 4.64. The van der Waals surface area contributed by atoms with E-state index in [2.05, 4.69) is 25.7 Å². The highest BCUT2D eigenvalue weighted by atomic mass is 35.5. The summed E-state index contributed by atoms with van der Waals surface area (Å²) in [6.07, 6.45) is 4.88. The van der Waals surface area contributed by atoms with Gasteiger partial charge in [-0.2, -0.15) is 0 Å². The molecule has 1 fully saturated rings. The lowest BCUT2D eigenvalue weighted by Crippen LogP contribution is -2.30. The van der Waals surface area contributed by atoms with Gasteiger partial charge in [-0.3, -0.25) is 9.71 Å². The molecule has 2 aromatic heterocycles. The number of nitrogens with zero attached hydrogens (tertiary/aromatic N) is 3. The van der Waals surface area contributed by atoms with Crippen LogP contribution < -0.4 is 14.9 Å². The smallest absolute Gasteiger partial charge is 0.229 e. The van der Waals surface area contributed by atoms with E-state index >= 15 is 0 Å². The summed E-state index contributed by atoms with van der Waals surface area (Å²) >= 11 is 12.1. The van der Waals surface area contributed by atoms with Crippen molar-refractivity contribution >= 4 is 50.3 Å². The Balaban J connectivity index is 1.61. The lowest BCUT2D eigenvalue weighted by atomic mass is 10.0. The minimum atomic E-state index is -3.37. The molecule has 10 heteroatoms. The van der Waals surface area contributed by atoms with Crippen molar-refractivity contribution in [3.05, 3.63) is 108 Å². The zero-order chi connectivity index (χ0) is 24.6. The van der Waals surface area contributed by atoms with Gasteiger partial charge in [0.2, 0.25) is 10.0 Å². The second kappa shape index (κ2) is 9.33. The van der Waals surface area contributed by atoms with Gasteiger partial charge in [-0.25, -0.2) is 8.42 Å². The lowest BCUT2D eigenvalue weighted by molar-refractivity contribution is 0.549. The molecular formula is C25H22ClN5O2S2. The largest absolute Gasteiger partial charge is 0.351 e. The third kappa shape index (κ3) is 4.88. The molecule has 0 aliphatic carbocycles. The van der Waals surface area contributed by atoms with E-state index in [0.717, 1.165) is 29.0 Å². The van der Waals surface area contributed by atoms with Crippen molar-refractivity contribution in [3.8, 4) is 5.69 Å². The molecule has 0 amide bonds. The van der Waals surface area contributed by atoms with Gasteiger partial charge in [0.15, 0.2) is 5.11 Å². The van der Waals surface area contributed by atoms with Crippen molar-refractivity contribution in [1.82, 2.24) is 14.9 Å². The molecule has 2 aromatic carbocycles. The Morgan fingerprint density at radius 3 is 2.49 bits per heavy atom. The summed E-state index contributed by atoms with van der Waals surface area (Å²) in [6, 6.07) is 24.2. The number of hydrogen-bond acceptors (Lipinski definition) is 4. The molecule has 0 spiro atoms. The van der Waals surface area contributed by atoms with E-state index in [9.17, 15) is 8.42 Å². The monoisotopic (exact) mass is 523 g/mol. The number of anilines is 2. The Kier molecular flexibility index (Phi) is 6.22. The quantitative estimate of drug-likeness (QED) is 0.343. The number of sulfonamides is 1. The third-order valence-corrected chi connectivity index (χ3v) is 6.87. The maximum Gasteiger partial charge on any atom is 0.229 e. The molecule has 2 atom stereocenters. The molecule has 5 rings (SSSR count). The number of rotatable bonds is 6. The Morgan fingerprint density at radius 1 is 1.00 bits per heavy atom. The molecule has 0 bridgehead atoms. The van der Waals surface area contributed by atoms with E-state index in [0.29, 0.717) is 15.8 Å². The fraction of sp³-hybridized carbons (Fsp3) is 0.120. The molecule has 1 saturated heterocycles. The standard InChI is InChI=1S/C25H22ClN5O2S2/c1-35(32,33)29-18-10-12-19(13-11-18)31-24(23(28-25(31)34)21-8-2-3-14-27-21)22-9-5-15-30(22)20-7-4-6-17(26)16-20/h2-16,23-24,29H,1H3,(H,28,34). The van der Waals surface area contributed by atoms with Gasteiger partial charge in [0.1, 0.15) is 6.04 Å². The molecule has 0 saturated carbocycles. The molecule has 4 aromatic rings. The first-order valence-corrected chi connectivity index (χ1v) is 13.5. The topological polar surface area (TPSA) is 79.3 Å². The lowest BCUT2D eigenvalue weighted by Gasteiger charge is -2.29. The zero-order valence-electron chi connectivity index (χ0n) is 18.7. The highest BCUT2D eigenvalue weighted by molar-refractivity contribution is 7.92. The first kappa shape index (κ1) is 23.3. The van der Waals surface area contributed by atoms with Gasteiger partial charge in [0, 0.05) is 40.2 Å². The summed E-state index contributed by atoms with van der Waals surface area (Å²) in [6.45, 7) is 0. The number of benzene rings is 2. The van der Waals surface area contributed by atoms with E-state index in [-0.39, 0.29) is 12.1 Å². The average Bonchev–Trinajstić information content (AvgIpc) is 3.43. The predicted molar refractivity (Wildman–Crippen MR) is 144 cm³/mol. The van der Waals surface area contributed by atoms with Crippen LogP contribution >= 0.6 is 23.8 Å². The summed E-state index contributed by atoms with van der Waals surface area (Å²) in [4.78, 5) is 6.64. The minimum absolute atomic E-state index is 0.217. The molecule has 3 heterocycles. The van der Waals surface area contributed by atoms with Crippen LogP contribution in [0.1, 0.15) is 23.5 Å².